The Morgan fingerprint density at radius 3 is 2.11 bits per heavy atom. The number of benzene rings is 2. The van der Waals surface area contributed by atoms with Crippen LogP contribution in [0.15, 0.2) is 53.6 Å². The van der Waals surface area contributed by atoms with Crippen LogP contribution >= 0.6 is 0 Å². The van der Waals surface area contributed by atoms with Gasteiger partial charge in [0.25, 0.3) is 10.0 Å². The number of carbonyl (C=O) groups is 2. The predicted molar refractivity (Wildman–Crippen MR) is 202 cm³/mol. The van der Waals surface area contributed by atoms with Crippen LogP contribution < -0.4 is 9.62 Å². The molecular weight excluding hydrogens is 756 g/mol. The second-order valence-electron chi connectivity index (χ2n) is 15.8. The van der Waals surface area contributed by atoms with Crippen molar-refractivity contribution in [2.45, 2.75) is 103 Å². The largest absolute Gasteiger partial charge is 0.443 e. The molecule has 4 aromatic rings. The number of nitrogens with one attached hydrogen (secondary N) is 1. The molecule has 0 unspecified atom stereocenters. The van der Waals surface area contributed by atoms with Gasteiger partial charge in [-0.15, -0.1) is 0 Å². The average molecular weight is 800 g/mol. The molecule has 0 radical (unpaired) electrons. The standard InChI is InChI=1S/C39H44F3N5O8S/c1-22(2)47-33-25(23-13-15-39(16-14-23)52-17-18-53-39)21-43-34(46(35(48)54-37(3,4)5)36(49)55-38(6,7)8)31(33)32(44-47)24-19-28(42)29(20-27(24)41)45-56(50,51)30-12-10-9-11-26(30)40/h9-13,19-22,45H,14-18H2,1-8H3. The summed E-state index contributed by atoms with van der Waals surface area (Å²) in [7, 11) is -4.69. The first-order valence-electron chi connectivity index (χ1n) is 18.0. The smallest absolute Gasteiger partial charge is 0.425 e. The van der Waals surface area contributed by atoms with Crippen LogP contribution in [0.4, 0.5) is 34.3 Å². The van der Waals surface area contributed by atoms with E-state index < -0.39 is 78.8 Å². The number of imide groups is 1. The highest BCUT2D eigenvalue weighted by molar-refractivity contribution is 7.92. The monoisotopic (exact) mass is 799 g/mol. The number of hydrogen-bond donors (Lipinski definition) is 1. The fourth-order valence-corrected chi connectivity index (χ4v) is 7.60. The second kappa shape index (κ2) is 14.8. The zero-order valence-corrected chi connectivity index (χ0v) is 33.1. The van der Waals surface area contributed by atoms with E-state index in [0.29, 0.717) is 54.5 Å². The van der Waals surface area contributed by atoms with Crippen molar-refractivity contribution < 1.29 is 50.1 Å². The minimum absolute atomic E-state index is 0.0274. The molecule has 1 aliphatic heterocycles. The van der Waals surface area contributed by atoms with E-state index in [0.717, 1.165) is 23.8 Å². The number of fused-ring (bicyclic) bond motifs is 1. The van der Waals surface area contributed by atoms with Gasteiger partial charge in [-0.3, -0.25) is 9.40 Å². The van der Waals surface area contributed by atoms with Crippen LogP contribution in [0.25, 0.3) is 27.7 Å². The van der Waals surface area contributed by atoms with Gasteiger partial charge in [-0.1, -0.05) is 18.2 Å². The Hall–Kier alpha value is -5.00. The Balaban J connectivity index is 1.60. The van der Waals surface area contributed by atoms with Gasteiger partial charge < -0.3 is 18.9 Å². The lowest BCUT2D eigenvalue weighted by molar-refractivity contribution is -0.159. The van der Waals surface area contributed by atoms with Crippen LogP contribution in [0.5, 0.6) is 0 Å². The minimum atomic E-state index is -4.69. The van der Waals surface area contributed by atoms with Gasteiger partial charge in [0.05, 0.1) is 29.8 Å². The summed E-state index contributed by atoms with van der Waals surface area (Å²) in [6, 6.07) is 5.36. The van der Waals surface area contributed by atoms with Crippen LogP contribution in [0.1, 0.15) is 86.3 Å². The molecule has 2 aromatic carbocycles. The molecule has 17 heteroatoms. The second-order valence-corrected chi connectivity index (χ2v) is 17.4. The molecule has 1 spiro atoms. The molecule has 1 N–H and O–H groups in total. The Bertz CT molecular complexity index is 2310. The fraction of sp³-hybridized carbons (Fsp3) is 0.436. The molecule has 3 heterocycles. The minimum Gasteiger partial charge on any atom is -0.443 e. The number of carbonyl (C=O) groups excluding carboxylic acids is 2. The van der Waals surface area contributed by atoms with Crippen molar-refractivity contribution in [3.05, 3.63) is 71.7 Å². The number of amides is 2. The van der Waals surface area contributed by atoms with E-state index >= 15 is 8.78 Å². The normalized spacial score (nSPS) is 16.0. The van der Waals surface area contributed by atoms with Crippen LogP contribution in [-0.2, 0) is 29.0 Å². The van der Waals surface area contributed by atoms with Crippen molar-refractivity contribution in [1.82, 2.24) is 14.8 Å². The quantitative estimate of drug-likeness (QED) is 0.192. The van der Waals surface area contributed by atoms with Gasteiger partial charge in [-0.2, -0.15) is 10.00 Å². The molecule has 0 atom stereocenters. The van der Waals surface area contributed by atoms with Crippen LogP contribution in [0.3, 0.4) is 0 Å². The molecule has 2 aromatic heterocycles. The lowest BCUT2D eigenvalue weighted by Crippen LogP contribution is -2.44. The number of halogens is 3. The Morgan fingerprint density at radius 2 is 1.55 bits per heavy atom. The van der Waals surface area contributed by atoms with E-state index in [4.69, 9.17) is 24.0 Å². The van der Waals surface area contributed by atoms with Crippen LogP contribution in [0.2, 0.25) is 0 Å². The van der Waals surface area contributed by atoms with Gasteiger partial charge in [0.1, 0.15) is 39.2 Å². The summed E-state index contributed by atoms with van der Waals surface area (Å²) in [5.41, 5.74) is -2.00. The first kappa shape index (κ1) is 40.7. The molecule has 0 saturated carbocycles. The molecule has 1 fully saturated rings. The summed E-state index contributed by atoms with van der Waals surface area (Å²) < 4.78 is 99.5. The first-order valence-corrected chi connectivity index (χ1v) is 19.5. The maximum absolute atomic E-state index is 16.4. The summed E-state index contributed by atoms with van der Waals surface area (Å²) in [6.07, 6.45) is 2.50. The molecule has 0 bridgehead atoms. The highest BCUT2D eigenvalue weighted by Gasteiger charge is 2.40. The zero-order valence-electron chi connectivity index (χ0n) is 32.3. The Kier molecular flexibility index (Phi) is 10.8. The third kappa shape index (κ3) is 8.25. The van der Waals surface area contributed by atoms with Gasteiger partial charge >= 0.3 is 12.2 Å². The summed E-state index contributed by atoms with van der Waals surface area (Å²) in [4.78, 5) is 32.4. The third-order valence-electron chi connectivity index (χ3n) is 8.83. The Morgan fingerprint density at radius 1 is 0.929 bits per heavy atom. The van der Waals surface area contributed by atoms with E-state index in [-0.39, 0.29) is 16.9 Å². The molecular formula is C39H44F3N5O8S. The van der Waals surface area contributed by atoms with Crippen molar-refractivity contribution in [2.75, 3.05) is 22.8 Å². The number of nitrogens with zero attached hydrogens (tertiary/aromatic N) is 4. The van der Waals surface area contributed by atoms with Crippen molar-refractivity contribution in [1.29, 1.82) is 0 Å². The molecule has 300 valence electrons. The van der Waals surface area contributed by atoms with E-state index in [2.05, 4.69) is 4.98 Å². The van der Waals surface area contributed by atoms with E-state index in [1.54, 1.807) is 46.2 Å². The predicted octanol–water partition coefficient (Wildman–Crippen LogP) is 8.88. The molecule has 13 nitrogen and oxygen atoms in total. The number of ether oxygens (including phenoxy) is 4. The van der Waals surface area contributed by atoms with Crippen LogP contribution in [-0.4, -0.2) is 65.6 Å². The number of sulfonamides is 1. The fourth-order valence-electron chi connectivity index (χ4n) is 6.47. The lowest BCUT2D eigenvalue weighted by atomic mass is 9.89. The van der Waals surface area contributed by atoms with Gasteiger partial charge in [0.2, 0.25) is 0 Å². The molecule has 2 amide bonds. The van der Waals surface area contributed by atoms with E-state index in [1.807, 2.05) is 24.6 Å². The van der Waals surface area contributed by atoms with Crippen LogP contribution in [0, 0.1) is 17.5 Å². The first-order chi connectivity index (χ1) is 26.1. The molecule has 6 rings (SSSR count). The maximum Gasteiger partial charge on any atom is 0.425 e. The molecule has 1 saturated heterocycles. The molecule has 56 heavy (non-hydrogen) atoms. The molecule has 1 aliphatic carbocycles. The van der Waals surface area contributed by atoms with Gasteiger partial charge in [-0.25, -0.2) is 36.2 Å². The maximum atomic E-state index is 16.4. The van der Waals surface area contributed by atoms with Gasteiger partial charge in [0.15, 0.2) is 11.6 Å². The van der Waals surface area contributed by atoms with Crippen molar-refractivity contribution in [2.24, 2.45) is 0 Å². The summed E-state index contributed by atoms with van der Waals surface area (Å²) in [5.74, 6) is -4.56. The van der Waals surface area contributed by atoms with Crippen molar-refractivity contribution in [3.8, 4) is 11.3 Å². The van der Waals surface area contributed by atoms with Crippen molar-refractivity contribution >= 4 is 50.2 Å². The highest BCUT2D eigenvalue weighted by Crippen LogP contribution is 2.45. The zero-order chi connectivity index (χ0) is 41.0. The number of aromatic nitrogens is 3. The van der Waals surface area contributed by atoms with E-state index in [9.17, 15) is 22.4 Å². The average Bonchev–Trinajstić information content (AvgIpc) is 3.71. The summed E-state index contributed by atoms with van der Waals surface area (Å²) >= 11 is 0. The number of allylic oxidation sites excluding steroid dienone is 1. The summed E-state index contributed by atoms with van der Waals surface area (Å²) in [6.45, 7) is 14.2. The number of pyridine rings is 1. The Labute approximate surface area is 322 Å². The highest BCUT2D eigenvalue weighted by atomic mass is 32.2. The lowest BCUT2D eigenvalue weighted by Gasteiger charge is -2.31. The van der Waals surface area contributed by atoms with Gasteiger partial charge in [-0.05, 0) is 85.6 Å². The third-order valence-corrected chi connectivity index (χ3v) is 10.2. The number of rotatable bonds is 7. The topological polar surface area (TPSA) is 151 Å². The number of hydrogen-bond acceptors (Lipinski definition) is 10. The number of anilines is 2. The van der Waals surface area contributed by atoms with E-state index in [1.165, 1.54) is 18.3 Å². The SMILES string of the molecule is CC(C)n1nc(-c2cc(F)c(NS(=O)(=O)c3ccccc3F)cc2F)c2c(N(C(=O)OC(C)(C)C)C(=O)OC(C)(C)C)ncc(C3=CCC4(CC3)OCCO4)c21. The van der Waals surface area contributed by atoms with Crippen molar-refractivity contribution in [3.63, 3.8) is 0 Å². The summed E-state index contributed by atoms with van der Waals surface area (Å²) in [5, 5.41) is 4.71. The van der Waals surface area contributed by atoms with Gasteiger partial charge in [0, 0.05) is 42.3 Å². The molecule has 2 aliphatic rings.